The summed E-state index contributed by atoms with van der Waals surface area (Å²) in [5.74, 6) is 0.190. The first kappa shape index (κ1) is 15.0. The lowest BCUT2D eigenvalue weighted by atomic mass is 10.2. The Morgan fingerprint density at radius 2 is 2.20 bits per heavy atom. The Morgan fingerprint density at radius 3 is 2.85 bits per heavy atom. The number of methoxy groups -OCH3 is 1. The molecule has 0 atom stereocenters. The maximum Gasteiger partial charge on any atom is 0.236 e. The van der Waals surface area contributed by atoms with Crippen molar-refractivity contribution in [2.75, 3.05) is 39.9 Å². The maximum absolute atomic E-state index is 12.1. The van der Waals surface area contributed by atoms with Gasteiger partial charge in [0.15, 0.2) is 0 Å². The van der Waals surface area contributed by atoms with Crippen LogP contribution in [0.2, 0.25) is 0 Å². The Labute approximate surface area is 120 Å². The van der Waals surface area contributed by atoms with Gasteiger partial charge in [0.25, 0.3) is 0 Å². The minimum absolute atomic E-state index is 0.190. The van der Waals surface area contributed by atoms with Crippen molar-refractivity contribution in [1.29, 1.82) is 0 Å². The van der Waals surface area contributed by atoms with Crippen molar-refractivity contribution in [3.05, 3.63) is 17.5 Å². The molecule has 1 amide bonds. The smallest absolute Gasteiger partial charge is 0.236 e. The summed E-state index contributed by atoms with van der Waals surface area (Å²) >= 11 is 0. The van der Waals surface area contributed by atoms with Crippen molar-refractivity contribution >= 4 is 5.91 Å². The van der Waals surface area contributed by atoms with Gasteiger partial charge in [-0.05, 0) is 6.42 Å². The van der Waals surface area contributed by atoms with Crippen molar-refractivity contribution in [2.24, 2.45) is 7.05 Å². The number of hydrogen-bond acceptors (Lipinski definition) is 4. The molecule has 0 saturated carbocycles. The molecule has 2 rings (SSSR count). The van der Waals surface area contributed by atoms with E-state index >= 15 is 0 Å². The third-order valence-electron chi connectivity index (χ3n) is 3.68. The first-order valence-corrected chi connectivity index (χ1v) is 7.14. The zero-order valence-corrected chi connectivity index (χ0v) is 12.6. The van der Waals surface area contributed by atoms with Gasteiger partial charge in [-0.1, -0.05) is 6.92 Å². The van der Waals surface area contributed by atoms with Crippen LogP contribution in [-0.4, -0.2) is 65.4 Å². The highest BCUT2D eigenvalue weighted by molar-refractivity contribution is 5.79. The topological polar surface area (TPSA) is 50.6 Å². The van der Waals surface area contributed by atoms with E-state index in [1.165, 1.54) is 5.56 Å². The number of nitrogens with zero attached hydrogens (tertiary/aromatic N) is 4. The summed E-state index contributed by atoms with van der Waals surface area (Å²) in [6.45, 7) is 6.39. The molecule has 1 fully saturated rings. The van der Waals surface area contributed by atoms with Gasteiger partial charge in [0.2, 0.25) is 5.91 Å². The molecule has 0 unspecified atom stereocenters. The fourth-order valence-corrected chi connectivity index (χ4v) is 2.58. The lowest BCUT2D eigenvalue weighted by Gasteiger charge is -2.34. The third-order valence-corrected chi connectivity index (χ3v) is 3.68. The molecule has 6 heteroatoms. The Bertz CT molecular complexity index is 458. The molecule has 112 valence electrons. The normalized spacial score (nSPS) is 16.9. The Morgan fingerprint density at radius 1 is 1.40 bits per heavy atom. The van der Waals surface area contributed by atoms with E-state index in [2.05, 4.69) is 23.1 Å². The molecule has 1 aromatic rings. The van der Waals surface area contributed by atoms with Crippen molar-refractivity contribution in [3.8, 4) is 0 Å². The van der Waals surface area contributed by atoms with Gasteiger partial charge < -0.3 is 9.64 Å². The summed E-state index contributed by atoms with van der Waals surface area (Å²) in [4.78, 5) is 16.1. The highest BCUT2D eigenvalue weighted by atomic mass is 16.5. The molecule has 20 heavy (non-hydrogen) atoms. The fourth-order valence-electron chi connectivity index (χ4n) is 2.58. The van der Waals surface area contributed by atoms with Crippen LogP contribution in [0.15, 0.2) is 6.20 Å². The minimum Gasteiger partial charge on any atom is -0.383 e. The van der Waals surface area contributed by atoms with E-state index in [-0.39, 0.29) is 5.91 Å². The number of piperazine rings is 1. The average Bonchev–Trinajstić information content (AvgIpc) is 2.78. The molecule has 1 aliphatic rings. The maximum atomic E-state index is 12.1. The number of hydrogen-bond donors (Lipinski definition) is 0. The summed E-state index contributed by atoms with van der Waals surface area (Å²) in [6.07, 6.45) is 2.98. The number of carbonyl (C=O) groups excluding carboxylic acids is 1. The van der Waals surface area contributed by atoms with Crippen LogP contribution in [0.4, 0.5) is 0 Å². The van der Waals surface area contributed by atoms with E-state index in [0.717, 1.165) is 31.7 Å². The highest BCUT2D eigenvalue weighted by Gasteiger charge is 2.24. The quantitative estimate of drug-likeness (QED) is 0.751. The summed E-state index contributed by atoms with van der Waals surface area (Å²) in [6, 6.07) is 0. The van der Waals surface area contributed by atoms with Crippen molar-refractivity contribution in [2.45, 2.75) is 19.9 Å². The van der Waals surface area contributed by atoms with Crippen LogP contribution in [0.5, 0.6) is 0 Å². The van der Waals surface area contributed by atoms with Gasteiger partial charge >= 0.3 is 0 Å². The summed E-state index contributed by atoms with van der Waals surface area (Å²) in [5.41, 5.74) is 2.36. The van der Waals surface area contributed by atoms with Gasteiger partial charge in [0, 0.05) is 52.1 Å². The number of ether oxygens (including phenoxy) is 1. The van der Waals surface area contributed by atoms with E-state index in [9.17, 15) is 4.79 Å². The predicted molar refractivity (Wildman–Crippen MR) is 76.3 cm³/mol. The van der Waals surface area contributed by atoms with Crippen LogP contribution >= 0.6 is 0 Å². The van der Waals surface area contributed by atoms with Gasteiger partial charge in [-0.3, -0.25) is 14.4 Å². The molecule has 1 aliphatic heterocycles. The largest absolute Gasteiger partial charge is 0.383 e. The third kappa shape index (κ3) is 3.58. The van der Waals surface area contributed by atoms with Crippen molar-refractivity contribution < 1.29 is 9.53 Å². The van der Waals surface area contributed by atoms with E-state index in [1.807, 2.05) is 16.6 Å². The molecule has 0 spiro atoms. The summed E-state index contributed by atoms with van der Waals surface area (Å²) in [7, 11) is 3.60. The van der Waals surface area contributed by atoms with Crippen LogP contribution in [0, 0.1) is 0 Å². The van der Waals surface area contributed by atoms with Crippen LogP contribution in [0.1, 0.15) is 18.2 Å². The van der Waals surface area contributed by atoms with Crippen LogP contribution in [0.3, 0.4) is 0 Å². The molecule has 0 bridgehead atoms. The second kappa shape index (κ2) is 6.85. The molecule has 0 radical (unpaired) electrons. The van der Waals surface area contributed by atoms with Gasteiger partial charge in [0.1, 0.15) is 0 Å². The lowest BCUT2D eigenvalue weighted by molar-refractivity contribution is -0.136. The van der Waals surface area contributed by atoms with Crippen molar-refractivity contribution in [1.82, 2.24) is 19.6 Å². The van der Waals surface area contributed by atoms with Crippen LogP contribution in [-0.2, 0) is 29.5 Å². The van der Waals surface area contributed by atoms with Gasteiger partial charge in [-0.25, -0.2) is 0 Å². The average molecular weight is 280 g/mol. The van der Waals surface area contributed by atoms with E-state index in [4.69, 9.17) is 4.74 Å². The second-order valence-corrected chi connectivity index (χ2v) is 5.21. The van der Waals surface area contributed by atoms with Gasteiger partial charge in [0.05, 0.1) is 18.8 Å². The Balaban J connectivity index is 1.91. The van der Waals surface area contributed by atoms with Crippen LogP contribution < -0.4 is 0 Å². The molecular weight excluding hydrogens is 256 g/mol. The first-order chi connectivity index (χ1) is 9.63. The monoisotopic (exact) mass is 280 g/mol. The Hall–Kier alpha value is -1.40. The van der Waals surface area contributed by atoms with Gasteiger partial charge in [-0.2, -0.15) is 5.10 Å². The molecule has 1 saturated heterocycles. The standard InChI is InChI=1S/C14H24N4O2/c1-4-13-12(9-16(2)15-13)10-17-5-6-18(7-8-20-3)14(19)11-17/h9H,4-8,10-11H2,1-3H3. The number of rotatable bonds is 6. The number of aromatic nitrogens is 2. The summed E-state index contributed by atoms with van der Waals surface area (Å²) in [5, 5.41) is 4.45. The molecule has 2 heterocycles. The first-order valence-electron chi connectivity index (χ1n) is 7.14. The van der Waals surface area contributed by atoms with E-state index < -0.39 is 0 Å². The fraction of sp³-hybridized carbons (Fsp3) is 0.714. The highest BCUT2D eigenvalue weighted by Crippen LogP contribution is 2.13. The molecule has 0 aromatic carbocycles. The zero-order chi connectivity index (χ0) is 14.5. The van der Waals surface area contributed by atoms with Gasteiger partial charge in [-0.15, -0.1) is 0 Å². The molecule has 6 nitrogen and oxygen atoms in total. The SMILES string of the molecule is CCc1nn(C)cc1CN1CCN(CCOC)C(=O)C1. The number of carbonyl (C=O) groups is 1. The van der Waals surface area contributed by atoms with Crippen LogP contribution in [0.25, 0.3) is 0 Å². The number of aryl methyl sites for hydroxylation is 2. The minimum atomic E-state index is 0.190. The molecule has 0 N–H and O–H groups in total. The molecular formula is C14H24N4O2. The lowest BCUT2D eigenvalue weighted by Crippen LogP contribution is -2.50. The predicted octanol–water partition coefficient (Wildman–Crippen LogP) is 0.273. The summed E-state index contributed by atoms with van der Waals surface area (Å²) < 4.78 is 6.88. The number of amides is 1. The Kier molecular flexibility index (Phi) is 5.14. The molecule has 1 aromatic heterocycles. The van der Waals surface area contributed by atoms with E-state index in [0.29, 0.717) is 19.7 Å². The van der Waals surface area contributed by atoms with Crippen molar-refractivity contribution in [3.63, 3.8) is 0 Å². The molecule has 0 aliphatic carbocycles. The van der Waals surface area contributed by atoms with E-state index in [1.54, 1.807) is 7.11 Å². The second-order valence-electron chi connectivity index (χ2n) is 5.21. The zero-order valence-electron chi connectivity index (χ0n) is 12.6.